The summed E-state index contributed by atoms with van der Waals surface area (Å²) in [4.78, 5) is 72.2. The molecule has 0 aliphatic heterocycles. The molecule has 0 aliphatic rings. The second kappa shape index (κ2) is 58.7. The van der Waals surface area contributed by atoms with Crippen LogP contribution in [0.15, 0.2) is 0 Å². The van der Waals surface area contributed by atoms with E-state index in [4.69, 9.17) is 37.0 Å². The largest absolute Gasteiger partial charge is 0.472 e. The molecule has 19 heteroatoms. The highest BCUT2D eigenvalue weighted by Crippen LogP contribution is 2.45. The standard InChI is InChI=1S/C65H126O17P2/c1-6-10-13-16-19-22-25-26-29-34-39-44-49-63(68)76-55-61(82-65(70)51-46-41-36-31-30-32-37-42-47-58(5)9-4)57-80-84(73,74)78-53-59(66)52-77-83(71,72)79-56-60(81-64(69)50-45-40-35-28-24-21-18-15-12-8-3)54-75-62(67)48-43-38-33-27-23-20-17-14-11-7-2/h58-61,66H,6-57H2,1-5H3,(H,71,72)(H,73,74)/t58?,59-,60+,61+/m0/s1. The van der Waals surface area contributed by atoms with Gasteiger partial charge in [0.05, 0.1) is 26.4 Å². The van der Waals surface area contributed by atoms with Crippen LogP contribution in [-0.4, -0.2) is 96.7 Å². The quantitative estimate of drug-likeness (QED) is 0.0222. The minimum atomic E-state index is -4.94. The summed E-state index contributed by atoms with van der Waals surface area (Å²) in [6.07, 6.45) is 42.9. The molecular formula is C65H126O17P2. The number of hydrogen-bond donors (Lipinski definition) is 3. The van der Waals surface area contributed by atoms with Gasteiger partial charge in [0.25, 0.3) is 0 Å². The van der Waals surface area contributed by atoms with Crippen molar-refractivity contribution in [3.8, 4) is 0 Å². The summed E-state index contributed by atoms with van der Waals surface area (Å²) < 4.78 is 68.0. The number of hydrogen-bond acceptors (Lipinski definition) is 15. The molecule has 6 atom stereocenters. The Morgan fingerprint density at radius 1 is 0.333 bits per heavy atom. The molecule has 0 saturated carbocycles. The van der Waals surface area contributed by atoms with Crippen LogP contribution >= 0.6 is 15.6 Å². The van der Waals surface area contributed by atoms with E-state index in [0.717, 1.165) is 95.8 Å². The van der Waals surface area contributed by atoms with Gasteiger partial charge in [-0.2, -0.15) is 0 Å². The van der Waals surface area contributed by atoms with Gasteiger partial charge >= 0.3 is 39.5 Å². The lowest BCUT2D eigenvalue weighted by molar-refractivity contribution is -0.161. The Labute approximate surface area is 511 Å². The maximum absolute atomic E-state index is 13.0. The number of aliphatic hydroxyl groups is 1. The highest BCUT2D eigenvalue weighted by atomic mass is 31.2. The molecule has 0 aromatic rings. The van der Waals surface area contributed by atoms with Crippen LogP contribution in [0, 0.1) is 5.92 Å². The van der Waals surface area contributed by atoms with Crippen molar-refractivity contribution in [2.24, 2.45) is 5.92 Å². The summed E-state index contributed by atoms with van der Waals surface area (Å²) in [5.74, 6) is -1.36. The van der Waals surface area contributed by atoms with Crippen LogP contribution in [-0.2, 0) is 65.4 Å². The number of carbonyl (C=O) groups excluding carboxylic acids is 4. The van der Waals surface area contributed by atoms with Gasteiger partial charge in [-0.15, -0.1) is 0 Å². The molecule has 0 aromatic carbocycles. The minimum absolute atomic E-state index is 0.105. The second-order valence-corrected chi connectivity index (χ2v) is 26.7. The molecule has 0 spiro atoms. The first-order valence-corrected chi connectivity index (χ1v) is 37.2. The van der Waals surface area contributed by atoms with Gasteiger partial charge in [-0.25, -0.2) is 9.13 Å². The van der Waals surface area contributed by atoms with Crippen molar-refractivity contribution in [1.29, 1.82) is 0 Å². The molecular weight excluding hydrogens is 1110 g/mol. The molecule has 0 amide bonds. The monoisotopic (exact) mass is 1240 g/mol. The first kappa shape index (κ1) is 82.1. The van der Waals surface area contributed by atoms with Crippen LogP contribution in [0.25, 0.3) is 0 Å². The van der Waals surface area contributed by atoms with Gasteiger partial charge in [0.15, 0.2) is 12.2 Å². The Morgan fingerprint density at radius 3 is 0.845 bits per heavy atom. The van der Waals surface area contributed by atoms with Crippen molar-refractivity contribution >= 4 is 39.5 Å². The van der Waals surface area contributed by atoms with Crippen LogP contribution in [0.1, 0.15) is 330 Å². The van der Waals surface area contributed by atoms with E-state index < -0.39 is 97.5 Å². The number of carbonyl (C=O) groups is 4. The molecule has 0 aromatic heterocycles. The van der Waals surface area contributed by atoms with Gasteiger partial charge in [0.1, 0.15) is 19.3 Å². The lowest BCUT2D eigenvalue weighted by Gasteiger charge is -2.21. The molecule has 0 rings (SSSR count). The molecule has 0 heterocycles. The molecule has 0 fully saturated rings. The number of phosphoric acid groups is 2. The van der Waals surface area contributed by atoms with Crippen LogP contribution in [0.5, 0.6) is 0 Å². The molecule has 0 aliphatic carbocycles. The van der Waals surface area contributed by atoms with Crippen molar-refractivity contribution in [2.75, 3.05) is 39.6 Å². The highest BCUT2D eigenvalue weighted by Gasteiger charge is 2.30. The van der Waals surface area contributed by atoms with Crippen LogP contribution in [0.4, 0.5) is 0 Å². The van der Waals surface area contributed by atoms with Gasteiger partial charge in [-0.1, -0.05) is 279 Å². The normalized spacial score (nSPS) is 14.5. The summed E-state index contributed by atoms with van der Waals surface area (Å²) in [7, 11) is -9.89. The molecule has 3 N–H and O–H groups in total. The minimum Gasteiger partial charge on any atom is -0.462 e. The van der Waals surface area contributed by atoms with Crippen molar-refractivity contribution < 1.29 is 80.2 Å². The Bertz CT molecular complexity index is 1640. The van der Waals surface area contributed by atoms with Gasteiger partial charge in [0.2, 0.25) is 0 Å². The molecule has 84 heavy (non-hydrogen) atoms. The molecule has 3 unspecified atom stereocenters. The summed E-state index contributed by atoms with van der Waals surface area (Å²) >= 11 is 0. The van der Waals surface area contributed by atoms with E-state index in [2.05, 4.69) is 34.6 Å². The molecule has 17 nitrogen and oxygen atoms in total. The maximum atomic E-state index is 13.0. The number of phosphoric ester groups is 2. The third-order valence-corrected chi connectivity index (χ3v) is 17.3. The van der Waals surface area contributed by atoms with Crippen molar-refractivity contribution in [3.05, 3.63) is 0 Å². The van der Waals surface area contributed by atoms with E-state index in [9.17, 15) is 43.2 Å². The first-order valence-electron chi connectivity index (χ1n) is 34.2. The van der Waals surface area contributed by atoms with Gasteiger partial charge in [-0.3, -0.25) is 37.3 Å². The summed E-state index contributed by atoms with van der Waals surface area (Å²) in [5.41, 5.74) is 0. The summed E-state index contributed by atoms with van der Waals surface area (Å²) in [6, 6.07) is 0. The molecule has 0 saturated heterocycles. The number of unbranched alkanes of at least 4 members (excludes halogenated alkanes) is 36. The topological polar surface area (TPSA) is 237 Å². The van der Waals surface area contributed by atoms with E-state index in [0.29, 0.717) is 25.7 Å². The summed E-state index contributed by atoms with van der Waals surface area (Å²) in [5, 5.41) is 10.5. The van der Waals surface area contributed by atoms with Crippen LogP contribution in [0.2, 0.25) is 0 Å². The van der Waals surface area contributed by atoms with E-state index >= 15 is 0 Å². The third kappa shape index (κ3) is 57.8. The highest BCUT2D eigenvalue weighted by molar-refractivity contribution is 7.47. The SMILES string of the molecule is CCCCCCCCCCCCCCC(=O)OC[C@H](COP(=O)(O)OC[C@@H](O)COP(=O)(O)OC[C@@H](COC(=O)CCCCCCCCCCCC)OC(=O)CCCCCCCCCCCC)OC(=O)CCCCCCCCCCC(C)CC. The molecule has 498 valence electrons. The maximum Gasteiger partial charge on any atom is 0.472 e. The fourth-order valence-electron chi connectivity index (χ4n) is 9.73. The van der Waals surface area contributed by atoms with E-state index in [1.807, 2.05) is 0 Å². The Morgan fingerprint density at radius 2 is 0.571 bits per heavy atom. The van der Waals surface area contributed by atoms with Gasteiger partial charge < -0.3 is 33.8 Å². The fourth-order valence-corrected chi connectivity index (χ4v) is 11.3. The number of esters is 4. The first-order chi connectivity index (χ1) is 40.6. The zero-order chi connectivity index (χ0) is 62.0. The summed E-state index contributed by atoms with van der Waals surface area (Å²) in [6.45, 7) is 7.19. The zero-order valence-electron chi connectivity index (χ0n) is 54.0. The van der Waals surface area contributed by atoms with Crippen molar-refractivity contribution in [3.63, 3.8) is 0 Å². The Balaban J connectivity index is 5.24. The smallest absolute Gasteiger partial charge is 0.462 e. The van der Waals surface area contributed by atoms with E-state index in [-0.39, 0.29) is 25.7 Å². The average Bonchev–Trinajstić information content (AvgIpc) is 3.58. The van der Waals surface area contributed by atoms with Crippen LogP contribution in [0.3, 0.4) is 0 Å². The number of ether oxygens (including phenoxy) is 4. The fraction of sp³-hybridized carbons (Fsp3) is 0.938. The third-order valence-electron chi connectivity index (χ3n) is 15.4. The van der Waals surface area contributed by atoms with Gasteiger partial charge in [-0.05, 0) is 31.6 Å². The Hall–Kier alpha value is -1.94. The number of aliphatic hydroxyl groups excluding tert-OH is 1. The average molecular weight is 1240 g/mol. The molecule has 0 radical (unpaired) electrons. The lowest BCUT2D eigenvalue weighted by atomic mass is 9.99. The van der Waals surface area contributed by atoms with Crippen molar-refractivity contribution in [2.45, 2.75) is 348 Å². The molecule has 0 bridgehead atoms. The van der Waals surface area contributed by atoms with E-state index in [1.165, 1.54) is 154 Å². The zero-order valence-corrected chi connectivity index (χ0v) is 55.8. The van der Waals surface area contributed by atoms with Crippen molar-refractivity contribution in [1.82, 2.24) is 0 Å². The van der Waals surface area contributed by atoms with Crippen LogP contribution < -0.4 is 0 Å². The predicted octanol–water partition coefficient (Wildman–Crippen LogP) is 18.2. The lowest BCUT2D eigenvalue weighted by Crippen LogP contribution is -2.30. The Kier molecular flexibility index (Phi) is 57.4. The van der Waals surface area contributed by atoms with E-state index in [1.54, 1.807) is 0 Å². The second-order valence-electron chi connectivity index (χ2n) is 23.7. The van der Waals surface area contributed by atoms with Gasteiger partial charge in [0, 0.05) is 25.7 Å². The predicted molar refractivity (Wildman–Crippen MR) is 335 cm³/mol. The number of rotatable bonds is 65.